The molecular formula is C15H14Cl2OS. The van der Waals surface area contributed by atoms with Crippen LogP contribution in [0.5, 0.6) is 0 Å². The van der Waals surface area contributed by atoms with Gasteiger partial charge in [-0.1, -0.05) is 35.3 Å². The SMILES string of the molecule is OC(CCSc1ccc(Cl)cc1)c1ccc(Cl)cc1. The molecule has 0 saturated carbocycles. The average Bonchev–Trinajstić information content (AvgIpc) is 2.41. The third-order valence-corrected chi connectivity index (χ3v) is 4.28. The van der Waals surface area contributed by atoms with Gasteiger partial charge in [0.1, 0.15) is 0 Å². The van der Waals surface area contributed by atoms with Crippen molar-refractivity contribution in [3.05, 3.63) is 64.1 Å². The molecule has 19 heavy (non-hydrogen) atoms. The van der Waals surface area contributed by atoms with E-state index in [2.05, 4.69) is 0 Å². The Morgan fingerprint density at radius 1 is 0.895 bits per heavy atom. The van der Waals surface area contributed by atoms with Gasteiger partial charge in [-0.3, -0.25) is 0 Å². The van der Waals surface area contributed by atoms with Crippen molar-refractivity contribution in [2.24, 2.45) is 0 Å². The fourth-order valence-electron chi connectivity index (χ4n) is 1.67. The lowest BCUT2D eigenvalue weighted by molar-refractivity contribution is 0.175. The molecule has 1 N–H and O–H groups in total. The Hall–Kier alpha value is -0.670. The van der Waals surface area contributed by atoms with E-state index >= 15 is 0 Å². The molecule has 0 bridgehead atoms. The number of benzene rings is 2. The Balaban J connectivity index is 1.82. The molecule has 0 fully saturated rings. The molecule has 0 radical (unpaired) electrons. The van der Waals surface area contributed by atoms with E-state index in [9.17, 15) is 5.11 Å². The van der Waals surface area contributed by atoms with Crippen LogP contribution in [0.3, 0.4) is 0 Å². The summed E-state index contributed by atoms with van der Waals surface area (Å²) in [5.41, 5.74) is 0.904. The Kier molecular flexibility index (Phi) is 5.59. The standard InChI is InChI=1S/C15H14Cl2OS/c16-12-3-1-11(2-4-12)15(18)9-10-19-14-7-5-13(17)6-8-14/h1-8,15,18H,9-10H2. The lowest BCUT2D eigenvalue weighted by atomic mass is 10.1. The summed E-state index contributed by atoms with van der Waals surface area (Å²) < 4.78 is 0. The summed E-state index contributed by atoms with van der Waals surface area (Å²) in [6.45, 7) is 0. The van der Waals surface area contributed by atoms with E-state index in [4.69, 9.17) is 23.2 Å². The van der Waals surface area contributed by atoms with Crippen molar-refractivity contribution in [3.8, 4) is 0 Å². The van der Waals surface area contributed by atoms with Crippen LogP contribution >= 0.6 is 35.0 Å². The highest BCUT2D eigenvalue weighted by molar-refractivity contribution is 7.99. The van der Waals surface area contributed by atoms with Crippen LogP contribution in [-0.4, -0.2) is 10.9 Å². The molecule has 1 atom stereocenters. The molecule has 4 heteroatoms. The van der Waals surface area contributed by atoms with E-state index < -0.39 is 6.10 Å². The van der Waals surface area contributed by atoms with E-state index in [1.165, 1.54) is 0 Å². The molecule has 2 rings (SSSR count). The first kappa shape index (κ1) is 14.7. The average molecular weight is 313 g/mol. The van der Waals surface area contributed by atoms with Gasteiger partial charge in [0.05, 0.1) is 6.10 Å². The minimum absolute atomic E-state index is 0.447. The quantitative estimate of drug-likeness (QED) is 0.765. The fourth-order valence-corrected chi connectivity index (χ4v) is 2.83. The van der Waals surface area contributed by atoms with Gasteiger partial charge in [-0.25, -0.2) is 0 Å². The molecule has 0 amide bonds. The molecule has 0 aliphatic heterocycles. The predicted octanol–water partition coefficient (Wildman–Crippen LogP) is 5.21. The van der Waals surface area contributed by atoms with Crippen LogP contribution < -0.4 is 0 Å². The van der Waals surface area contributed by atoms with Crippen LogP contribution in [-0.2, 0) is 0 Å². The van der Waals surface area contributed by atoms with Gasteiger partial charge in [0, 0.05) is 20.7 Å². The number of thioether (sulfide) groups is 1. The van der Waals surface area contributed by atoms with Crippen molar-refractivity contribution in [3.63, 3.8) is 0 Å². The summed E-state index contributed by atoms with van der Waals surface area (Å²) >= 11 is 13.4. The summed E-state index contributed by atoms with van der Waals surface area (Å²) in [5.74, 6) is 0.853. The molecule has 0 aromatic heterocycles. The number of halogens is 2. The second kappa shape index (κ2) is 7.20. The first-order chi connectivity index (χ1) is 9.15. The summed E-state index contributed by atoms with van der Waals surface area (Å²) in [7, 11) is 0. The molecule has 1 nitrogen and oxygen atoms in total. The van der Waals surface area contributed by atoms with Gasteiger partial charge >= 0.3 is 0 Å². The Morgan fingerprint density at radius 3 is 2.00 bits per heavy atom. The van der Waals surface area contributed by atoms with Gasteiger partial charge < -0.3 is 5.11 Å². The zero-order valence-corrected chi connectivity index (χ0v) is 12.6. The van der Waals surface area contributed by atoms with Crippen molar-refractivity contribution in [1.82, 2.24) is 0 Å². The van der Waals surface area contributed by atoms with Gasteiger partial charge in [0.15, 0.2) is 0 Å². The van der Waals surface area contributed by atoms with E-state index in [0.717, 1.165) is 21.2 Å². The molecule has 2 aromatic carbocycles. The summed E-state index contributed by atoms with van der Waals surface area (Å²) in [6.07, 6.45) is 0.256. The molecule has 0 spiro atoms. The van der Waals surface area contributed by atoms with Crippen molar-refractivity contribution < 1.29 is 5.11 Å². The fraction of sp³-hybridized carbons (Fsp3) is 0.200. The zero-order valence-electron chi connectivity index (χ0n) is 10.2. The largest absolute Gasteiger partial charge is 0.388 e. The van der Waals surface area contributed by atoms with E-state index in [1.54, 1.807) is 23.9 Å². The highest BCUT2D eigenvalue weighted by Gasteiger charge is 2.07. The third kappa shape index (κ3) is 4.73. The van der Waals surface area contributed by atoms with Gasteiger partial charge in [0.2, 0.25) is 0 Å². The Labute approximate surface area is 127 Å². The van der Waals surface area contributed by atoms with Crippen LogP contribution in [0.15, 0.2) is 53.4 Å². The van der Waals surface area contributed by atoms with Crippen LogP contribution in [0.2, 0.25) is 10.0 Å². The van der Waals surface area contributed by atoms with Crippen LogP contribution in [0, 0.1) is 0 Å². The maximum Gasteiger partial charge on any atom is 0.0798 e. The second-order valence-electron chi connectivity index (χ2n) is 4.16. The van der Waals surface area contributed by atoms with Crippen molar-refractivity contribution in [1.29, 1.82) is 0 Å². The van der Waals surface area contributed by atoms with Crippen molar-refractivity contribution in [2.45, 2.75) is 17.4 Å². The highest BCUT2D eigenvalue weighted by atomic mass is 35.5. The van der Waals surface area contributed by atoms with Crippen molar-refractivity contribution >= 4 is 35.0 Å². The number of aliphatic hydroxyl groups excluding tert-OH is 1. The van der Waals surface area contributed by atoms with E-state index in [0.29, 0.717) is 11.4 Å². The molecule has 2 aromatic rings. The predicted molar refractivity (Wildman–Crippen MR) is 83.2 cm³/mol. The Morgan fingerprint density at radius 2 is 1.42 bits per heavy atom. The summed E-state index contributed by atoms with van der Waals surface area (Å²) in [6, 6.07) is 15.0. The van der Waals surface area contributed by atoms with Gasteiger partial charge in [-0.15, -0.1) is 11.8 Å². The second-order valence-corrected chi connectivity index (χ2v) is 6.20. The molecule has 100 valence electrons. The molecule has 0 saturated heterocycles. The lowest BCUT2D eigenvalue weighted by Gasteiger charge is -2.10. The lowest BCUT2D eigenvalue weighted by Crippen LogP contribution is -1.98. The van der Waals surface area contributed by atoms with Gasteiger partial charge in [-0.05, 0) is 48.4 Å². The maximum absolute atomic E-state index is 10.1. The van der Waals surface area contributed by atoms with Crippen molar-refractivity contribution in [2.75, 3.05) is 5.75 Å². The minimum Gasteiger partial charge on any atom is -0.388 e. The van der Waals surface area contributed by atoms with Crippen LogP contribution in [0.25, 0.3) is 0 Å². The Bertz CT molecular complexity index is 511. The monoisotopic (exact) mass is 312 g/mol. The topological polar surface area (TPSA) is 20.2 Å². The molecule has 0 heterocycles. The molecule has 1 unspecified atom stereocenters. The van der Waals surface area contributed by atoms with E-state index in [-0.39, 0.29) is 0 Å². The molecular weight excluding hydrogens is 299 g/mol. The van der Waals surface area contributed by atoms with E-state index in [1.807, 2.05) is 36.4 Å². The number of hydrogen-bond donors (Lipinski definition) is 1. The van der Waals surface area contributed by atoms with Crippen LogP contribution in [0.4, 0.5) is 0 Å². The zero-order chi connectivity index (χ0) is 13.7. The number of hydrogen-bond acceptors (Lipinski definition) is 2. The smallest absolute Gasteiger partial charge is 0.0798 e. The first-order valence-corrected chi connectivity index (χ1v) is 7.71. The number of aliphatic hydroxyl groups is 1. The summed E-state index contributed by atoms with van der Waals surface area (Å²) in [4.78, 5) is 1.16. The minimum atomic E-state index is -0.447. The van der Waals surface area contributed by atoms with Gasteiger partial charge in [-0.2, -0.15) is 0 Å². The van der Waals surface area contributed by atoms with Gasteiger partial charge in [0.25, 0.3) is 0 Å². The number of rotatable bonds is 5. The first-order valence-electron chi connectivity index (χ1n) is 5.97. The highest BCUT2D eigenvalue weighted by Crippen LogP contribution is 2.25. The molecule has 0 aliphatic carbocycles. The maximum atomic E-state index is 10.1. The normalized spacial score (nSPS) is 12.4. The molecule has 0 aliphatic rings. The van der Waals surface area contributed by atoms with Crippen LogP contribution in [0.1, 0.15) is 18.1 Å². The summed E-state index contributed by atoms with van der Waals surface area (Å²) in [5, 5.41) is 11.5. The third-order valence-electron chi connectivity index (χ3n) is 2.73.